The van der Waals surface area contributed by atoms with E-state index in [-0.39, 0.29) is 42.1 Å². The zero-order valence-electron chi connectivity index (χ0n) is 18.7. The van der Waals surface area contributed by atoms with Crippen LogP contribution in [0, 0.1) is 12.7 Å². The average Bonchev–Trinajstić information content (AvgIpc) is 3.20. The molecule has 1 amide bonds. The van der Waals surface area contributed by atoms with Gasteiger partial charge in [-0.25, -0.2) is 4.39 Å². The van der Waals surface area contributed by atoms with Crippen LogP contribution >= 0.6 is 24.0 Å². The topological polar surface area (TPSA) is 68.8 Å². The van der Waals surface area contributed by atoms with Crippen molar-refractivity contribution in [1.29, 1.82) is 0 Å². The number of hydrogen-bond acceptors (Lipinski definition) is 3. The van der Waals surface area contributed by atoms with Crippen LogP contribution in [0.5, 0.6) is 0 Å². The maximum atomic E-state index is 13.2. The molecule has 1 aliphatic rings. The van der Waals surface area contributed by atoms with Gasteiger partial charge >= 0.3 is 0 Å². The number of benzene rings is 2. The van der Waals surface area contributed by atoms with E-state index in [1.807, 2.05) is 6.92 Å². The highest BCUT2D eigenvalue weighted by Crippen LogP contribution is 2.20. The van der Waals surface area contributed by atoms with Crippen molar-refractivity contribution in [1.82, 2.24) is 16.0 Å². The number of carbonyl (C=O) groups is 1. The Morgan fingerprint density at radius 3 is 2.69 bits per heavy atom. The average molecular weight is 553 g/mol. The molecule has 174 valence electrons. The summed E-state index contributed by atoms with van der Waals surface area (Å²) in [4.78, 5) is 19.0. The molecule has 2 aromatic rings. The van der Waals surface area contributed by atoms with E-state index < -0.39 is 0 Å². The Kier molecular flexibility index (Phi) is 10.7. The molecule has 1 fully saturated rings. The number of anilines is 1. The normalized spacial score (nSPS) is 15.8. The molecule has 0 aliphatic carbocycles. The summed E-state index contributed by atoms with van der Waals surface area (Å²) in [5.41, 5.74) is 3.18. The Morgan fingerprint density at radius 2 is 1.97 bits per heavy atom. The van der Waals surface area contributed by atoms with Crippen molar-refractivity contribution in [3.8, 4) is 0 Å². The molecule has 3 N–H and O–H groups in total. The minimum absolute atomic E-state index is 0. The van der Waals surface area contributed by atoms with E-state index in [0.717, 1.165) is 32.0 Å². The van der Waals surface area contributed by atoms with Gasteiger partial charge in [0.15, 0.2) is 5.96 Å². The molecular formula is C24H33FIN5O. The summed E-state index contributed by atoms with van der Waals surface area (Å²) in [6, 6.07) is 15.1. The number of halogens is 2. The summed E-state index contributed by atoms with van der Waals surface area (Å²) in [6.07, 6.45) is 1.21. The second-order valence-corrected chi connectivity index (χ2v) is 7.83. The number of aryl methyl sites for hydroxylation is 1. The number of carbonyl (C=O) groups excluding carboxylic acids is 1. The standard InChI is InChI=1S/C24H32FN5O.HI/c1-3-26-24(28-13-12-27-23(31)16-19-5-4-6-20(25)15-19)29-21-11-14-30(17-21)22-9-7-18(2)8-10-22;/h4-10,15,21H,3,11-14,16-17H2,1-2H3,(H,27,31)(H2,26,28,29);1H. The molecule has 6 nitrogen and oxygen atoms in total. The summed E-state index contributed by atoms with van der Waals surface area (Å²) in [7, 11) is 0. The fourth-order valence-corrected chi connectivity index (χ4v) is 3.64. The van der Waals surface area contributed by atoms with Gasteiger partial charge in [0, 0.05) is 37.9 Å². The lowest BCUT2D eigenvalue weighted by atomic mass is 10.1. The molecule has 8 heteroatoms. The van der Waals surface area contributed by atoms with Gasteiger partial charge in [-0.1, -0.05) is 29.8 Å². The number of nitrogens with zero attached hydrogens (tertiary/aromatic N) is 2. The smallest absolute Gasteiger partial charge is 0.224 e. The van der Waals surface area contributed by atoms with Crippen molar-refractivity contribution in [3.63, 3.8) is 0 Å². The van der Waals surface area contributed by atoms with Crippen LogP contribution in [0.15, 0.2) is 53.5 Å². The molecule has 0 radical (unpaired) electrons. The number of aliphatic imine (C=N–C) groups is 1. The van der Waals surface area contributed by atoms with Crippen LogP contribution in [0.3, 0.4) is 0 Å². The highest BCUT2D eigenvalue weighted by Gasteiger charge is 2.23. The number of rotatable bonds is 8. The van der Waals surface area contributed by atoms with Crippen molar-refractivity contribution in [3.05, 3.63) is 65.5 Å². The third-order valence-electron chi connectivity index (χ3n) is 5.23. The fraction of sp³-hybridized carbons (Fsp3) is 0.417. The lowest BCUT2D eigenvalue weighted by Gasteiger charge is -2.20. The van der Waals surface area contributed by atoms with Crippen LogP contribution in [0.1, 0.15) is 24.5 Å². The lowest BCUT2D eigenvalue weighted by Crippen LogP contribution is -2.45. The molecular weight excluding hydrogens is 520 g/mol. The number of guanidine groups is 1. The fourth-order valence-electron chi connectivity index (χ4n) is 3.64. The molecule has 1 heterocycles. The Hall–Kier alpha value is -2.36. The molecule has 1 unspecified atom stereocenters. The van der Waals surface area contributed by atoms with Gasteiger partial charge in [0.25, 0.3) is 0 Å². The Bertz CT molecular complexity index is 890. The van der Waals surface area contributed by atoms with Gasteiger partial charge in [-0.3, -0.25) is 9.79 Å². The molecule has 0 spiro atoms. The third-order valence-corrected chi connectivity index (χ3v) is 5.23. The van der Waals surface area contributed by atoms with E-state index >= 15 is 0 Å². The van der Waals surface area contributed by atoms with Gasteiger partial charge in [0.05, 0.1) is 13.0 Å². The van der Waals surface area contributed by atoms with Gasteiger partial charge in [-0.2, -0.15) is 0 Å². The number of hydrogen-bond donors (Lipinski definition) is 3. The van der Waals surface area contributed by atoms with Crippen molar-refractivity contribution < 1.29 is 9.18 Å². The molecule has 1 saturated heterocycles. The van der Waals surface area contributed by atoms with E-state index in [1.165, 1.54) is 23.4 Å². The van der Waals surface area contributed by atoms with Gasteiger partial charge in [0.1, 0.15) is 5.82 Å². The first-order chi connectivity index (χ1) is 15.0. The van der Waals surface area contributed by atoms with Gasteiger partial charge in [0.2, 0.25) is 5.91 Å². The molecule has 3 rings (SSSR count). The SMILES string of the molecule is CCNC(=NCCNC(=O)Cc1cccc(F)c1)NC1CCN(c2ccc(C)cc2)C1.I. The highest BCUT2D eigenvalue weighted by molar-refractivity contribution is 14.0. The molecule has 1 atom stereocenters. The zero-order valence-corrected chi connectivity index (χ0v) is 21.1. The molecule has 2 aromatic carbocycles. The van der Waals surface area contributed by atoms with Gasteiger partial charge < -0.3 is 20.9 Å². The first kappa shape index (κ1) is 25.9. The van der Waals surface area contributed by atoms with Crippen LogP contribution < -0.4 is 20.9 Å². The predicted molar refractivity (Wildman–Crippen MR) is 139 cm³/mol. The minimum atomic E-state index is -0.330. The maximum Gasteiger partial charge on any atom is 0.224 e. The second-order valence-electron chi connectivity index (χ2n) is 7.83. The molecule has 0 aromatic heterocycles. The summed E-state index contributed by atoms with van der Waals surface area (Å²) in [5.74, 6) is 0.296. The lowest BCUT2D eigenvalue weighted by molar-refractivity contribution is -0.120. The second kappa shape index (κ2) is 13.2. The van der Waals surface area contributed by atoms with E-state index in [9.17, 15) is 9.18 Å². The minimum Gasteiger partial charge on any atom is -0.369 e. The van der Waals surface area contributed by atoms with Crippen LogP contribution in [0.2, 0.25) is 0 Å². The Morgan fingerprint density at radius 1 is 1.19 bits per heavy atom. The van der Waals surface area contributed by atoms with Gasteiger partial charge in [-0.05, 0) is 50.1 Å². The summed E-state index contributed by atoms with van der Waals surface area (Å²) in [6.45, 7) is 7.75. The number of nitrogens with one attached hydrogen (secondary N) is 3. The van der Waals surface area contributed by atoms with E-state index in [2.05, 4.69) is 57.0 Å². The quantitative estimate of drug-likeness (QED) is 0.203. The molecule has 0 bridgehead atoms. The summed E-state index contributed by atoms with van der Waals surface area (Å²) < 4.78 is 13.2. The van der Waals surface area contributed by atoms with Crippen LogP contribution in [-0.4, -0.2) is 50.6 Å². The monoisotopic (exact) mass is 553 g/mol. The molecule has 32 heavy (non-hydrogen) atoms. The first-order valence-corrected chi connectivity index (χ1v) is 10.9. The number of amides is 1. The van der Waals surface area contributed by atoms with E-state index in [1.54, 1.807) is 12.1 Å². The zero-order chi connectivity index (χ0) is 22.1. The van der Waals surface area contributed by atoms with Gasteiger partial charge in [-0.15, -0.1) is 24.0 Å². The predicted octanol–water partition coefficient (Wildman–Crippen LogP) is 3.24. The largest absolute Gasteiger partial charge is 0.369 e. The van der Waals surface area contributed by atoms with Crippen molar-refractivity contribution >= 4 is 41.5 Å². The maximum absolute atomic E-state index is 13.2. The Balaban J connectivity index is 0.00000363. The van der Waals surface area contributed by atoms with E-state index in [0.29, 0.717) is 24.7 Å². The van der Waals surface area contributed by atoms with Crippen molar-refractivity contribution in [2.75, 3.05) is 37.6 Å². The van der Waals surface area contributed by atoms with Crippen LogP contribution in [-0.2, 0) is 11.2 Å². The Labute approximate surface area is 207 Å². The first-order valence-electron chi connectivity index (χ1n) is 10.9. The summed E-state index contributed by atoms with van der Waals surface area (Å²) in [5, 5.41) is 9.62. The molecule has 0 saturated carbocycles. The third kappa shape index (κ3) is 8.29. The van der Waals surface area contributed by atoms with Crippen LogP contribution in [0.4, 0.5) is 10.1 Å². The highest BCUT2D eigenvalue weighted by atomic mass is 127. The van der Waals surface area contributed by atoms with E-state index in [4.69, 9.17) is 0 Å². The van der Waals surface area contributed by atoms with Crippen molar-refractivity contribution in [2.45, 2.75) is 32.7 Å². The molecule has 1 aliphatic heterocycles. The summed E-state index contributed by atoms with van der Waals surface area (Å²) >= 11 is 0. The van der Waals surface area contributed by atoms with Crippen molar-refractivity contribution in [2.24, 2.45) is 4.99 Å². The van der Waals surface area contributed by atoms with Crippen LogP contribution in [0.25, 0.3) is 0 Å².